The fourth-order valence-corrected chi connectivity index (χ4v) is 2.35. The van der Waals surface area contributed by atoms with Crippen molar-refractivity contribution in [1.82, 2.24) is 0 Å². The SMILES string of the molecule is CCc1cc(Cl)ccc1Oc1ccc(C)cc1CC(=O)O. The van der Waals surface area contributed by atoms with Crippen molar-refractivity contribution in [1.29, 1.82) is 0 Å². The summed E-state index contributed by atoms with van der Waals surface area (Å²) in [6.07, 6.45) is 0.724. The van der Waals surface area contributed by atoms with E-state index in [9.17, 15) is 4.79 Å². The third-order valence-electron chi connectivity index (χ3n) is 3.18. The number of benzene rings is 2. The van der Waals surface area contributed by atoms with Crippen LogP contribution in [0.1, 0.15) is 23.6 Å². The number of rotatable bonds is 5. The maximum atomic E-state index is 11.0. The summed E-state index contributed by atoms with van der Waals surface area (Å²) in [5.74, 6) is 0.398. The fraction of sp³-hybridized carbons (Fsp3) is 0.235. The standard InChI is InChI=1S/C17H17ClO3/c1-3-12-9-14(18)5-7-15(12)21-16-6-4-11(2)8-13(16)10-17(19)20/h4-9H,3,10H2,1-2H3,(H,19,20). The average molecular weight is 305 g/mol. The molecule has 0 aliphatic rings. The van der Waals surface area contributed by atoms with Crippen molar-refractivity contribution in [2.24, 2.45) is 0 Å². The molecule has 2 rings (SSSR count). The number of aliphatic carboxylic acids is 1. The van der Waals surface area contributed by atoms with E-state index in [2.05, 4.69) is 0 Å². The first-order chi connectivity index (χ1) is 9.99. The summed E-state index contributed by atoms with van der Waals surface area (Å²) in [7, 11) is 0. The van der Waals surface area contributed by atoms with Gasteiger partial charge in [-0.1, -0.05) is 36.2 Å². The van der Waals surface area contributed by atoms with E-state index in [4.69, 9.17) is 21.4 Å². The second kappa shape index (κ2) is 6.64. The van der Waals surface area contributed by atoms with Gasteiger partial charge in [0.2, 0.25) is 0 Å². The van der Waals surface area contributed by atoms with Crippen LogP contribution in [0, 0.1) is 6.92 Å². The Hall–Kier alpha value is -2.00. The van der Waals surface area contributed by atoms with Gasteiger partial charge in [0.25, 0.3) is 0 Å². The second-order valence-corrected chi connectivity index (χ2v) is 5.33. The first kappa shape index (κ1) is 15.4. The third-order valence-corrected chi connectivity index (χ3v) is 3.42. The van der Waals surface area contributed by atoms with E-state index in [1.807, 2.05) is 44.2 Å². The van der Waals surface area contributed by atoms with Gasteiger partial charge in [-0.05, 0) is 43.2 Å². The molecule has 21 heavy (non-hydrogen) atoms. The molecule has 0 bridgehead atoms. The second-order valence-electron chi connectivity index (χ2n) is 4.89. The number of carbonyl (C=O) groups is 1. The molecule has 0 atom stereocenters. The molecule has 0 fully saturated rings. The fourth-order valence-electron chi connectivity index (χ4n) is 2.15. The number of halogens is 1. The molecule has 0 aliphatic carbocycles. The van der Waals surface area contributed by atoms with Crippen LogP contribution >= 0.6 is 11.6 Å². The summed E-state index contributed by atoms with van der Waals surface area (Å²) in [5.41, 5.74) is 2.66. The maximum Gasteiger partial charge on any atom is 0.307 e. The highest BCUT2D eigenvalue weighted by Crippen LogP contribution is 2.31. The zero-order valence-electron chi connectivity index (χ0n) is 12.0. The lowest BCUT2D eigenvalue weighted by Gasteiger charge is -2.14. The lowest BCUT2D eigenvalue weighted by Crippen LogP contribution is -2.03. The number of ether oxygens (including phenoxy) is 1. The van der Waals surface area contributed by atoms with Crippen molar-refractivity contribution in [3.8, 4) is 11.5 Å². The van der Waals surface area contributed by atoms with E-state index in [0.717, 1.165) is 17.5 Å². The summed E-state index contributed by atoms with van der Waals surface area (Å²) in [5, 5.41) is 9.67. The van der Waals surface area contributed by atoms with Gasteiger partial charge in [0, 0.05) is 10.6 Å². The Labute approximate surface area is 129 Å². The Balaban J connectivity index is 2.37. The Morgan fingerprint density at radius 2 is 1.81 bits per heavy atom. The molecule has 0 radical (unpaired) electrons. The van der Waals surface area contributed by atoms with Crippen LogP contribution in [0.4, 0.5) is 0 Å². The first-order valence-corrected chi connectivity index (χ1v) is 7.15. The van der Waals surface area contributed by atoms with Gasteiger partial charge in [-0.15, -0.1) is 0 Å². The molecule has 2 aromatic carbocycles. The molecule has 2 aromatic rings. The topological polar surface area (TPSA) is 46.5 Å². The molecule has 0 aromatic heterocycles. The zero-order chi connectivity index (χ0) is 15.4. The predicted molar refractivity (Wildman–Crippen MR) is 83.4 cm³/mol. The first-order valence-electron chi connectivity index (χ1n) is 6.77. The lowest BCUT2D eigenvalue weighted by molar-refractivity contribution is -0.136. The summed E-state index contributed by atoms with van der Waals surface area (Å²) >= 11 is 5.99. The largest absolute Gasteiger partial charge is 0.481 e. The van der Waals surface area contributed by atoms with E-state index < -0.39 is 5.97 Å². The predicted octanol–water partition coefficient (Wildman–Crippen LogP) is 4.63. The van der Waals surface area contributed by atoms with E-state index in [1.165, 1.54) is 0 Å². The highest BCUT2D eigenvalue weighted by molar-refractivity contribution is 6.30. The molecule has 0 amide bonds. The molecule has 3 nitrogen and oxygen atoms in total. The van der Waals surface area contributed by atoms with Crippen molar-refractivity contribution < 1.29 is 14.6 Å². The number of carboxylic acids is 1. The summed E-state index contributed by atoms with van der Waals surface area (Å²) in [6.45, 7) is 3.95. The molecular weight excluding hydrogens is 288 g/mol. The molecule has 0 saturated carbocycles. The van der Waals surface area contributed by atoms with Crippen LogP contribution in [0.15, 0.2) is 36.4 Å². The Kier molecular flexibility index (Phi) is 4.86. The molecule has 0 aliphatic heterocycles. The van der Waals surface area contributed by atoms with Gasteiger partial charge in [0.1, 0.15) is 11.5 Å². The minimum atomic E-state index is -0.878. The smallest absolute Gasteiger partial charge is 0.307 e. The minimum Gasteiger partial charge on any atom is -0.481 e. The Morgan fingerprint density at radius 1 is 1.14 bits per heavy atom. The molecule has 0 spiro atoms. The molecule has 110 valence electrons. The van der Waals surface area contributed by atoms with E-state index >= 15 is 0 Å². The highest BCUT2D eigenvalue weighted by atomic mass is 35.5. The van der Waals surface area contributed by atoms with Crippen molar-refractivity contribution >= 4 is 17.6 Å². The van der Waals surface area contributed by atoms with Crippen molar-refractivity contribution in [2.75, 3.05) is 0 Å². The van der Waals surface area contributed by atoms with Gasteiger partial charge in [-0.25, -0.2) is 0 Å². The van der Waals surface area contributed by atoms with Crippen LogP contribution < -0.4 is 4.74 Å². The van der Waals surface area contributed by atoms with Crippen molar-refractivity contribution in [3.63, 3.8) is 0 Å². The molecule has 1 N–H and O–H groups in total. The summed E-state index contributed by atoms with van der Waals surface area (Å²) < 4.78 is 5.92. The van der Waals surface area contributed by atoms with Crippen molar-refractivity contribution in [3.05, 3.63) is 58.1 Å². The minimum absolute atomic E-state index is 0.0634. The molecule has 0 unspecified atom stereocenters. The van der Waals surface area contributed by atoms with Gasteiger partial charge in [0.05, 0.1) is 6.42 Å². The van der Waals surface area contributed by atoms with Gasteiger partial charge >= 0.3 is 5.97 Å². The van der Waals surface area contributed by atoms with E-state index in [-0.39, 0.29) is 6.42 Å². The van der Waals surface area contributed by atoms with Crippen LogP contribution in [0.3, 0.4) is 0 Å². The number of carboxylic acid groups (broad SMARTS) is 1. The number of aryl methyl sites for hydroxylation is 2. The summed E-state index contributed by atoms with van der Waals surface area (Å²) in [6, 6.07) is 11.0. The molecule has 0 saturated heterocycles. The number of hydrogen-bond donors (Lipinski definition) is 1. The van der Waals surface area contributed by atoms with Gasteiger partial charge in [-0.2, -0.15) is 0 Å². The molecule has 0 heterocycles. The van der Waals surface area contributed by atoms with E-state index in [1.54, 1.807) is 6.07 Å². The Bertz CT molecular complexity index is 665. The third kappa shape index (κ3) is 3.99. The van der Waals surface area contributed by atoms with Crippen LogP contribution in [-0.2, 0) is 17.6 Å². The van der Waals surface area contributed by atoms with Gasteiger partial charge < -0.3 is 9.84 Å². The van der Waals surface area contributed by atoms with Crippen molar-refractivity contribution in [2.45, 2.75) is 26.7 Å². The summed E-state index contributed by atoms with van der Waals surface area (Å²) in [4.78, 5) is 11.0. The van der Waals surface area contributed by atoms with Crippen LogP contribution in [-0.4, -0.2) is 11.1 Å². The maximum absolute atomic E-state index is 11.0. The zero-order valence-corrected chi connectivity index (χ0v) is 12.8. The molecular formula is C17H17ClO3. The number of hydrogen-bond acceptors (Lipinski definition) is 2. The van der Waals surface area contributed by atoms with Crippen LogP contribution in [0.5, 0.6) is 11.5 Å². The monoisotopic (exact) mass is 304 g/mol. The van der Waals surface area contributed by atoms with E-state index in [0.29, 0.717) is 22.1 Å². The van der Waals surface area contributed by atoms with Crippen LogP contribution in [0.25, 0.3) is 0 Å². The normalized spacial score (nSPS) is 10.4. The van der Waals surface area contributed by atoms with Gasteiger partial charge in [0.15, 0.2) is 0 Å². The quantitative estimate of drug-likeness (QED) is 0.876. The lowest BCUT2D eigenvalue weighted by atomic mass is 10.1. The van der Waals surface area contributed by atoms with Gasteiger partial charge in [-0.3, -0.25) is 4.79 Å². The average Bonchev–Trinajstić information content (AvgIpc) is 2.42. The highest BCUT2D eigenvalue weighted by Gasteiger charge is 2.11. The molecule has 4 heteroatoms. The Morgan fingerprint density at radius 3 is 2.48 bits per heavy atom. The van der Waals surface area contributed by atoms with Crippen LogP contribution in [0.2, 0.25) is 5.02 Å².